The zero-order valence-corrected chi connectivity index (χ0v) is 13.8. The fourth-order valence-corrected chi connectivity index (χ4v) is 4.27. The summed E-state index contributed by atoms with van der Waals surface area (Å²) in [5, 5.41) is 3.32. The summed E-state index contributed by atoms with van der Waals surface area (Å²) in [6, 6.07) is 3.18. The molecule has 0 aromatic heterocycles. The van der Waals surface area contributed by atoms with Gasteiger partial charge in [0.05, 0.1) is 17.9 Å². The predicted molar refractivity (Wildman–Crippen MR) is 86.7 cm³/mol. The van der Waals surface area contributed by atoms with E-state index in [2.05, 4.69) is 5.32 Å². The molecule has 1 saturated heterocycles. The first-order valence-corrected chi connectivity index (χ1v) is 8.76. The molecule has 1 saturated carbocycles. The maximum atomic E-state index is 13.7. The van der Waals surface area contributed by atoms with E-state index in [1.54, 1.807) is 7.05 Å². The van der Waals surface area contributed by atoms with E-state index in [0.29, 0.717) is 24.0 Å². The van der Waals surface area contributed by atoms with E-state index in [9.17, 15) is 13.2 Å². The molecule has 1 aliphatic carbocycles. The van der Waals surface area contributed by atoms with Gasteiger partial charge >= 0.3 is 6.18 Å². The van der Waals surface area contributed by atoms with Crippen LogP contribution in [0.4, 0.5) is 18.9 Å². The maximum Gasteiger partial charge on any atom is 0.418 e. The highest BCUT2D eigenvalue weighted by atomic mass is 19.4. The number of likely N-dealkylation sites (N-methyl/N-ethyl adjacent to an activating group) is 1. The van der Waals surface area contributed by atoms with Crippen LogP contribution in [0.15, 0.2) is 12.1 Å². The number of fused-ring (bicyclic) bond motifs is 3. The largest absolute Gasteiger partial charge is 0.493 e. The van der Waals surface area contributed by atoms with Gasteiger partial charge in [0.1, 0.15) is 5.75 Å². The SMILES string of the molecule is CN1c2c(cc(OCC3CCC3)cc2C(F)(F)F)[C@@H]2CNCC[C@@H]21. The molecule has 2 fully saturated rings. The molecule has 24 heavy (non-hydrogen) atoms. The van der Waals surface area contributed by atoms with Crippen molar-refractivity contribution in [2.24, 2.45) is 5.92 Å². The Morgan fingerprint density at radius 3 is 2.71 bits per heavy atom. The number of halogens is 3. The van der Waals surface area contributed by atoms with Crippen LogP contribution in [0.2, 0.25) is 0 Å². The number of nitrogens with zero attached hydrogens (tertiary/aromatic N) is 1. The minimum atomic E-state index is -4.37. The molecule has 1 N–H and O–H groups in total. The highest BCUT2D eigenvalue weighted by Gasteiger charge is 2.45. The van der Waals surface area contributed by atoms with E-state index in [0.717, 1.165) is 37.9 Å². The van der Waals surface area contributed by atoms with Crippen molar-refractivity contribution < 1.29 is 17.9 Å². The topological polar surface area (TPSA) is 24.5 Å². The van der Waals surface area contributed by atoms with Gasteiger partial charge in [0.2, 0.25) is 0 Å². The fourth-order valence-electron chi connectivity index (χ4n) is 4.27. The molecule has 0 unspecified atom stereocenters. The van der Waals surface area contributed by atoms with Crippen molar-refractivity contribution in [1.82, 2.24) is 5.32 Å². The van der Waals surface area contributed by atoms with E-state index < -0.39 is 11.7 Å². The number of alkyl halides is 3. The second-order valence-electron chi connectivity index (χ2n) is 7.29. The summed E-state index contributed by atoms with van der Waals surface area (Å²) in [4.78, 5) is 1.83. The Morgan fingerprint density at radius 1 is 1.25 bits per heavy atom. The third kappa shape index (κ3) is 2.65. The van der Waals surface area contributed by atoms with Crippen molar-refractivity contribution in [3.63, 3.8) is 0 Å². The van der Waals surface area contributed by atoms with Gasteiger partial charge in [-0.15, -0.1) is 0 Å². The Kier molecular flexibility index (Phi) is 3.90. The van der Waals surface area contributed by atoms with Gasteiger partial charge in [0.25, 0.3) is 0 Å². The molecular formula is C18H23F3N2O. The van der Waals surface area contributed by atoms with E-state index >= 15 is 0 Å². The number of hydrogen-bond donors (Lipinski definition) is 1. The molecule has 2 heterocycles. The van der Waals surface area contributed by atoms with Gasteiger partial charge < -0.3 is 15.0 Å². The van der Waals surface area contributed by atoms with E-state index in [1.165, 1.54) is 12.5 Å². The van der Waals surface area contributed by atoms with Crippen LogP contribution in [0, 0.1) is 5.92 Å². The Labute approximate surface area is 140 Å². The summed E-state index contributed by atoms with van der Waals surface area (Å²) in [6.45, 7) is 2.11. The first kappa shape index (κ1) is 16.1. The quantitative estimate of drug-likeness (QED) is 0.906. The summed E-state index contributed by atoms with van der Waals surface area (Å²) < 4.78 is 46.7. The molecule has 0 radical (unpaired) electrons. The van der Waals surface area contributed by atoms with Crippen molar-refractivity contribution in [2.75, 3.05) is 31.6 Å². The molecule has 1 aromatic carbocycles. The molecule has 1 aromatic rings. The Balaban J connectivity index is 1.71. The predicted octanol–water partition coefficient (Wildman–Crippen LogP) is 3.78. The third-order valence-electron chi connectivity index (χ3n) is 5.82. The molecule has 3 nitrogen and oxygen atoms in total. The van der Waals surface area contributed by atoms with E-state index in [1.807, 2.05) is 11.0 Å². The van der Waals surface area contributed by atoms with Crippen LogP contribution in [-0.4, -0.2) is 32.8 Å². The van der Waals surface area contributed by atoms with Crippen LogP contribution < -0.4 is 15.0 Å². The third-order valence-corrected chi connectivity index (χ3v) is 5.82. The number of nitrogens with one attached hydrogen (secondary N) is 1. The highest BCUT2D eigenvalue weighted by molar-refractivity contribution is 5.69. The lowest BCUT2D eigenvalue weighted by Gasteiger charge is -2.31. The van der Waals surface area contributed by atoms with E-state index in [4.69, 9.17) is 4.74 Å². The van der Waals surface area contributed by atoms with Gasteiger partial charge in [-0.05, 0) is 49.4 Å². The molecule has 4 rings (SSSR count). The Bertz CT molecular complexity index is 627. The van der Waals surface area contributed by atoms with Gasteiger partial charge in [0.15, 0.2) is 0 Å². The average Bonchev–Trinajstić information content (AvgIpc) is 2.78. The van der Waals surface area contributed by atoms with Crippen LogP contribution >= 0.6 is 0 Å². The van der Waals surface area contributed by atoms with Crippen molar-refractivity contribution in [1.29, 1.82) is 0 Å². The summed E-state index contributed by atoms with van der Waals surface area (Å²) in [5.41, 5.74) is 0.575. The Morgan fingerprint density at radius 2 is 2.04 bits per heavy atom. The smallest absolute Gasteiger partial charge is 0.418 e. The average molecular weight is 340 g/mol. The molecule has 2 atom stereocenters. The van der Waals surface area contributed by atoms with Crippen LogP contribution in [0.25, 0.3) is 0 Å². The van der Waals surface area contributed by atoms with Crippen molar-refractivity contribution in [3.8, 4) is 5.75 Å². The lowest BCUT2D eigenvalue weighted by Crippen LogP contribution is -2.42. The van der Waals surface area contributed by atoms with Gasteiger partial charge in [-0.25, -0.2) is 0 Å². The van der Waals surface area contributed by atoms with Crippen LogP contribution in [-0.2, 0) is 6.18 Å². The lowest BCUT2D eigenvalue weighted by atomic mass is 9.86. The number of benzene rings is 1. The fraction of sp³-hybridized carbons (Fsp3) is 0.667. The minimum absolute atomic E-state index is 0.104. The normalized spacial score (nSPS) is 26.8. The van der Waals surface area contributed by atoms with Crippen LogP contribution in [0.1, 0.15) is 42.7 Å². The number of piperidine rings is 1. The summed E-state index contributed by atoms with van der Waals surface area (Å²) in [7, 11) is 1.79. The first-order chi connectivity index (χ1) is 11.4. The maximum absolute atomic E-state index is 13.7. The second kappa shape index (κ2) is 5.83. The minimum Gasteiger partial charge on any atom is -0.493 e. The van der Waals surface area contributed by atoms with Crippen molar-refractivity contribution in [3.05, 3.63) is 23.3 Å². The molecule has 132 valence electrons. The van der Waals surface area contributed by atoms with E-state index in [-0.39, 0.29) is 12.0 Å². The monoisotopic (exact) mass is 340 g/mol. The van der Waals surface area contributed by atoms with Gasteiger partial charge in [-0.1, -0.05) is 6.42 Å². The molecule has 0 amide bonds. The van der Waals surface area contributed by atoms with Crippen molar-refractivity contribution >= 4 is 5.69 Å². The molecule has 0 spiro atoms. The van der Waals surface area contributed by atoms with Gasteiger partial charge in [-0.3, -0.25) is 0 Å². The number of rotatable bonds is 3. The standard InChI is InChI=1S/C18H23F3N2O/c1-23-16-5-6-22-9-14(16)13-7-12(24-10-11-3-2-4-11)8-15(17(13)23)18(19,20)21/h7-8,11,14,16,22H,2-6,9-10H2,1H3/t14-,16-/m0/s1. The van der Waals surface area contributed by atoms with Crippen LogP contribution in [0.5, 0.6) is 5.75 Å². The van der Waals surface area contributed by atoms with Crippen LogP contribution in [0.3, 0.4) is 0 Å². The molecule has 3 aliphatic rings. The Hall–Kier alpha value is -1.43. The van der Waals surface area contributed by atoms with Gasteiger partial charge in [0, 0.05) is 25.6 Å². The second-order valence-corrected chi connectivity index (χ2v) is 7.29. The summed E-state index contributed by atoms with van der Waals surface area (Å²) >= 11 is 0. The zero-order chi connectivity index (χ0) is 16.9. The number of hydrogen-bond acceptors (Lipinski definition) is 3. The van der Waals surface area contributed by atoms with Crippen molar-refractivity contribution in [2.45, 2.75) is 43.8 Å². The zero-order valence-electron chi connectivity index (χ0n) is 13.8. The summed E-state index contributed by atoms with van der Waals surface area (Å²) in [6.07, 6.45) is -0.0599. The molecular weight excluding hydrogens is 317 g/mol. The lowest BCUT2D eigenvalue weighted by molar-refractivity contribution is -0.137. The number of ether oxygens (including phenoxy) is 1. The highest BCUT2D eigenvalue weighted by Crippen LogP contribution is 2.50. The van der Waals surface area contributed by atoms with Gasteiger partial charge in [-0.2, -0.15) is 13.2 Å². The summed E-state index contributed by atoms with van der Waals surface area (Å²) in [5.74, 6) is 0.971. The number of anilines is 1. The molecule has 0 bridgehead atoms. The molecule has 2 aliphatic heterocycles. The molecule has 6 heteroatoms. The first-order valence-electron chi connectivity index (χ1n) is 8.76.